The first-order valence-electron chi connectivity index (χ1n) is 6.72. The van der Waals surface area contributed by atoms with Gasteiger partial charge < -0.3 is 5.11 Å². The zero-order chi connectivity index (χ0) is 14.4. The van der Waals surface area contributed by atoms with Crippen LogP contribution in [0, 0.1) is 11.7 Å². The molecule has 0 bridgehead atoms. The van der Waals surface area contributed by atoms with E-state index in [1.807, 2.05) is 6.92 Å². The van der Waals surface area contributed by atoms with Crippen LogP contribution in [-0.4, -0.2) is 29.1 Å². The van der Waals surface area contributed by atoms with Crippen molar-refractivity contribution >= 4 is 5.97 Å². The molecule has 0 aliphatic carbocycles. The number of carbonyl (C=O) groups is 1. The van der Waals surface area contributed by atoms with Crippen LogP contribution >= 0.6 is 0 Å². The summed E-state index contributed by atoms with van der Waals surface area (Å²) in [5, 5.41) is 8.91. The van der Waals surface area contributed by atoms with Gasteiger partial charge >= 0.3 is 5.97 Å². The maximum absolute atomic E-state index is 14.0. The SMILES string of the molecule is CCC(C)CN(CC)Cc1cccc(C(=O)O)c1F. The molecule has 1 aromatic rings. The summed E-state index contributed by atoms with van der Waals surface area (Å²) >= 11 is 0. The molecule has 0 aliphatic rings. The Balaban J connectivity index is 2.85. The van der Waals surface area contributed by atoms with E-state index in [9.17, 15) is 9.18 Å². The first kappa shape index (κ1) is 15.6. The number of hydrogen-bond donors (Lipinski definition) is 1. The summed E-state index contributed by atoms with van der Waals surface area (Å²) in [5.41, 5.74) is 0.196. The monoisotopic (exact) mass is 267 g/mol. The average Bonchev–Trinajstić information content (AvgIpc) is 2.39. The van der Waals surface area contributed by atoms with Crippen molar-refractivity contribution in [3.8, 4) is 0 Å². The summed E-state index contributed by atoms with van der Waals surface area (Å²) in [7, 11) is 0. The molecule has 0 fully saturated rings. The first-order chi connectivity index (χ1) is 8.99. The van der Waals surface area contributed by atoms with Crippen LogP contribution in [0.4, 0.5) is 4.39 Å². The van der Waals surface area contributed by atoms with Gasteiger partial charge in [0.05, 0.1) is 5.56 Å². The molecule has 1 unspecified atom stereocenters. The Labute approximate surface area is 114 Å². The van der Waals surface area contributed by atoms with Crippen LogP contribution in [0.15, 0.2) is 18.2 Å². The van der Waals surface area contributed by atoms with Gasteiger partial charge in [-0.3, -0.25) is 4.90 Å². The fraction of sp³-hybridized carbons (Fsp3) is 0.533. The van der Waals surface area contributed by atoms with E-state index in [0.717, 1.165) is 19.5 Å². The Morgan fingerprint density at radius 3 is 2.63 bits per heavy atom. The van der Waals surface area contributed by atoms with E-state index in [1.165, 1.54) is 6.07 Å². The third-order valence-electron chi connectivity index (χ3n) is 3.42. The topological polar surface area (TPSA) is 40.5 Å². The van der Waals surface area contributed by atoms with Gasteiger partial charge in [-0.15, -0.1) is 0 Å². The Morgan fingerprint density at radius 2 is 2.11 bits per heavy atom. The molecule has 1 N–H and O–H groups in total. The predicted molar refractivity (Wildman–Crippen MR) is 73.8 cm³/mol. The fourth-order valence-electron chi connectivity index (χ4n) is 1.98. The lowest BCUT2D eigenvalue weighted by Gasteiger charge is -2.24. The van der Waals surface area contributed by atoms with Crippen LogP contribution < -0.4 is 0 Å². The van der Waals surface area contributed by atoms with Crippen LogP contribution in [0.25, 0.3) is 0 Å². The molecular weight excluding hydrogens is 245 g/mol. The summed E-state index contributed by atoms with van der Waals surface area (Å²) in [5.74, 6) is -1.28. The lowest BCUT2D eigenvalue weighted by atomic mass is 10.1. The van der Waals surface area contributed by atoms with Crippen LogP contribution in [-0.2, 0) is 6.54 Å². The highest BCUT2D eigenvalue weighted by molar-refractivity contribution is 5.88. The smallest absolute Gasteiger partial charge is 0.338 e. The first-order valence-corrected chi connectivity index (χ1v) is 6.72. The third kappa shape index (κ3) is 4.31. The number of carboxylic acid groups (broad SMARTS) is 1. The van der Waals surface area contributed by atoms with Gasteiger partial charge in [-0.05, 0) is 18.5 Å². The Bertz CT molecular complexity index is 434. The summed E-state index contributed by atoms with van der Waals surface area (Å²) in [6, 6.07) is 4.55. The number of nitrogens with zero attached hydrogens (tertiary/aromatic N) is 1. The van der Waals surface area contributed by atoms with Gasteiger partial charge in [-0.25, -0.2) is 9.18 Å². The summed E-state index contributed by atoms with van der Waals surface area (Å²) < 4.78 is 14.0. The highest BCUT2D eigenvalue weighted by Crippen LogP contribution is 2.16. The van der Waals surface area contributed by atoms with Gasteiger partial charge in [-0.2, -0.15) is 0 Å². The molecule has 4 heteroatoms. The molecule has 1 atom stereocenters. The Morgan fingerprint density at radius 1 is 1.42 bits per heavy atom. The van der Waals surface area contributed by atoms with Crippen LogP contribution in [0.2, 0.25) is 0 Å². The standard InChI is InChI=1S/C15H22FNO2/c1-4-11(3)9-17(5-2)10-12-7-6-8-13(14(12)16)15(18)19/h6-8,11H,4-5,9-10H2,1-3H3,(H,18,19). The van der Waals surface area contributed by atoms with Gasteiger partial charge in [0.1, 0.15) is 5.82 Å². The molecule has 1 aromatic carbocycles. The van der Waals surface area contributed by atoms with E-state index in [2.05, 4.69) is 18.7 Å². The highest BCUT2D eigenvalue weighted by atomic mass is 19.1. The molecule has 3 nitrogen and oxygen atoms in total. The maximum atomic E-state index is 14.0. The lowest BCUT2D eigenvalue weighted by molar-refractivity contribution is 0.0691. The van der Waals surface area contributed by atoms with Crippen molar-refractivity contribution in [1.82, 2.24) is 4.90 Å². The van der Waals surface area contributed by atoms with Crippen molar-refractivity contribution < 1.29 is 14.3 Å². The normalized spacial score (nSPS) is 12.7. The lowest BCUT2D eigenvalue weighted by Crippen LogP contribution is -2.28. The molecule has 1 rings (SSSR count). The zero-order valence-electron chi connectivity index (χ0n) is 11.8. The predicted octanol–water partition coefficient (Wildman–Crippen LogP) is 3.39. The van der Waals surface area contributed by atoms with Crippen molar-refractivity contribution in [3.05, 3.63) is 35.1 Å². The molecule has 0 radical (unpaired) electrons. The Kier molecular flexibility index (Phi) is 5.96. The number of aromatic carboxylic acids is 1. The quantitative estimate of drug-likeness (QED) is 0.823. The molecule has 19 heavy (non-hydrogen) atoms. The van der Waals surface area contributed by atoms with Crippen LogP contribution in [0.5, 0.6) is 0 Å². The van der Waals surface area contributed by atoms with Crippen molar-refractivity contribution in [3.63, 3.8) is 0 Å². The minimum absolute atomic E-state index is 0.253. The van der Waals surface area contributed by atoms with Crippen molar-refractivity contribution in [1.29, 1.82) is 0 Å². The minimum Gasteiger partial charge on any atom is -0.478 e. The van der Waals surface area contributed by atoms with Crippen molar-refractivity contribution in [2.24, 2.45) is 5.92 Å². The Hall–Kier alpha value is -1.42. The van der Waals surface area contributed by atoms with Gasteiger partial charge in [0, 0.05) is 18.7 Å². The molecule has 0 aliphatic heterocycles. The zero-order valence-corrected chi connectivity index (χ0v) is 11.8. The second-order valence-electron chi connectivity index (χ2n) is 4.92. The molecule has 0 spiro atoms. The molecular formula is C15H22FNO2. The van der Waals surface area contributed by atoms with E-state index in [4.69, 9.17) is 5.11 Å². The molecule has 0 saturated carbocycles. The van der Waals surface area contributed by atoms with E-state index in [0.29, 0.717) is 18.0 Å². The van der Waals surface area contributed by atoms with Crippen LogP contribution in [0.1, 0.15) is 43.1 Å². The van der Waals surface area contributed by atoms with Crippen molar-refractivity contribution in [2.45, 2.75) is 33.7 Å². The van der Waals surface area contributed by atoms with Gasteiger partial charge in [0.25, 0.3) is 0 Å². The summed E-state index contributed by atoms with van der Waals surface area (Å²) in [4.78, 5) is 13.0. The largest absolute Gasteiger partial charge is 0.478 e. The second-order valence-corrected chi connectivity index (χ2v) is 4.92. The number of rotatable bonds is 7. The number of hydrogen-bond acceptors (Lipinski definition) is 2. The molecule has 0 heterocycles. The summed E-state index contributed by atoms with van der Waals surface area (Å²) in [6.45, 7) is 8.48. The minimum atomic E-state index is -1.22. The van der Waals surface area contributed by atoms with Gasteiger partial charge in [-0.1, -0.05) is 39.3 Å². The van der Waals surface area contributed by atoms with Crippen LogP contribution in [0.3, 0.4) is 0 Å². The third-order valence-corrected chi connectivity index (χ3v) is 3.42. The molecule has 106 valence electrons. The van der Waals surface area contributed by atoms with Gasteiger partial charge in [0.2, 0.25) is 0 Å². The fourth-order valence-corrected chi connectivity index (χ4v) is 1.98. The molecule has 0 saturated heterocycles. The van der Waals surface area contributed by atoms with E-state index >= 15 is 0 Å². The second kappa shape index (κ2) is 7.24. The van der Waals surface area contributed by atoms with Crippen molar-refractivity contribution in [2.75, 3.05) is 13.1 Å². The van der Waals surface area contributed by atoms with E-state index in [-0.39, 0.29) is 5.56 Å². The maximum Gasteiger partial charge on any atom is 0.338 e. The number of carboxylic acids is 1. The number of benzene rings is 1. The number of halogens is 1. The van der Waals surface area contributed by atoms with E-state index in [1.54, 1.807) is 12.1 Å². The highest BCUT2D eigenvalue weighted by Gasteiger charge is 2.16. The summed E-state index contributed by atoms with van der Waals surface area (Å²) in [6.07, 6.45) is 1.08. The molecule has 0 aromatic heterocycles. The average molecular weight is 267 g/mol. The molecule has 0 amide bonds. The van der Waals surface area contributed by atoms with Gasteiger partial charge in [0.15, 0.2) is 0 Å². The van der Waals surface area contributed by atoms with E-state index < -0.39 is 11.8 Å².